The number of benzene rings is 2. The molecule has 34 heavy (non-hydrogen) atoms. The predicted molar refractivity (Wildman–Crippen MR) is 125 cm³/mol. The molecule has 1 saturated heterocycles. The van der Waals surface area contributed by atoms with E-state index in [1.165, 1.54) is 30.3 Å². The van der Waals surface area contributed by atoms with Crippen molar-refractivity contribution < 1.29 is 32.3 Å². The summed E-state index contributed by atoms with van der Waals surface area (Å²) in [5.41, 5.74) is 0.820. The fourth-order valence-electron chi connectivity index (χ4n) is 3.12. The Balaban J connectivity index is 1.67. The third-order valence-corrected chi connectivity index (χ3v) is 7.12. The molecule has 0 saturated carbocycles. The van der Waals surface area contributed by atoms with Crippen molar-refractivity contribution in [2.75, 3.05) is 36.9 Å². The lowest BCUT2D eigenvalue weighted by Crippen LogP contribution is -2.40. The number of rotatable bonds is 7. The number of hydrogen-bond donors (Lipinski definition) is 2. The van der Waals surface area contributed by atoms with Gasteiger partial charge in [-0.25, -0.2) is 13.2 Å². The molecule has 10 nitrogen and oxygen atoms in total. The third kappa shape index (κ3) is 6.32. The second-order valence-electron chi connectivity index (χ2n) is 7.45. The number of carbonyl (C=O) groups is 3. The molecule has 3 rings (SSSR count). The Kier molecular flexibility index (Phi) is 8.26. The van der Waals surface area contributed by atoms with E-state index in [2.05, 4.69) is 10.6 Å². The fraction of sp³-hybridized carbons (Fsp3) is 0.318. The highest BCUT2D eigenvalue weighted by atomic mass is 35.5. The zero-order chi connectivity index (χ0) is 24.9. The molecule has 0 spiro atoms. The van der Waals surface area contributed by atoms with Gasteiger partial charge in [0.15, 0.2) is 6.10 Å². The molecular weight excluding hydrogens is 486 g/mol. The quantitative estimate of drug-likeness (QED) is 0.548. The van der Waals surface area contributed by atoms with Crippen LogP contribution in [0.15, 0.2) is 47.4 Å². The lowest BCUT2D eigenvalue weighted by atomic mass is 10.2. The van der Waals surface area contributed by atoms with E-state index in [1.807, 2.05) is 0 Å². The van der Waals surface area contributed by atoms with Crippen LogP contribution < -0.4 is 10.6 Å². The van der Waals surface area contributed by atoms with Crippen LogP contribution in [-0.4, -0.2) is 62.9 Å². The minimum Gasteiger partial charge on any atom is -0.449 e. The van der Waals surface area contributed by atoms with Crippen LogP contribution >= 0.6 is 11.6 Å². The molecule has 1 aliphatic rings. The number of amides is 2. The van der Waals surface area contributed by atoms with Gasteiger partial charge in [0.2, 0.25) is 15.9 Å². The van der Waals surface area contributed by atoms with Crippen LogP contribution in [0.5, 0.6) is 0 Å². The van der Waals surface area contributed by atoms with Crippen LogP contribution in [0.3, 0.4) is 0 Å². The average molecular weight is 510 g/mol. The first-order valence-electron chi connectivity index (χ1n) is 10.3. The van der Waals surface area contributed by atoms with Crippen molar-refractivity contribution in [2.45, 2.75) is 24.8 Å². The summed E-state index contributed by atoms with van der Waals surface area (Å²) < 4.78 is 37.4. The molecule has 2 amide bonds. The number of nitrogens with zero attached hydrogens (tertiary/aromatic N) is 1. The van der Waals surface area contributed by atoms with E-state index >= 15 is 0 Å². The van der Waals surface area contributed by atoms with Gasteiger partial charge in [-0.05, 0) is 49.4 Å². The normalized spacial score (nSPS) is 15.3. The summed E-state index contributed by atoms with van der Waals surface area (Å²) in [4.78, 5) is 36.1. The molecule has 1 heterocycles. The summed E-state index contributed by atoms with van der Waals surface area (Å²) in [7, 11) is -3.85. The first-order chi connectivity index (χ1) is 16.1. The van der Waals surface area contributed by atoms with Crippen molar-refractivity contribution in [3.05, 3.63) is 53.1 Å². The zero-order valence-corrected chi connectivity index (χ0v) is 20.1. The molecule has 0 aromatic heterocycles. The van der Waals surface area contributed by atoms with Gasteiger partial charge in [0.05, 0.1) is 28.7 Å². The second kappa shape index (κ2) is 11.0. The van der Waals surface area contributed by atoms with E-state index in [-0.39, 0.29) is 47.7 Å². The Morgan fingerprint density at radius 3 is 2.21 bits per heavy atom. The van der Waals surface area contributed by atoms with Gasteiger partial charge in [0, 0.05) is 31.4 Å². The number of morpholine rings is 1. The highest BCUT2D eigenvalue weighted by Gasteiger charge is 2.28. The number of halogens is 1. The molecular formula is C22H24ClN3O7S. The molecule has 2 N–H and O–H groups in total. The molecule has 2 aromatic rings. The number of sulfonamides is 1. The minimum absolute atomic E-state index is 0.00732. The van der Waals surface area contributed by atoms with Crippen LogP contribution in [0, 0.1) is 0 Å². The van der Waals surface area contributed by atoms with E-state index in [9.17, 15) is 22.8 Å². The summed E-state index contributed by atoms with van der Waals surface area (Å²) in [6, 6.07) is 10.1. The number of nitrogens with one attached hydrogen (secondary N) is 2. The number of hydrogen-bond acceptors (Lipinski definition) is 7. The van der Waals surface area contributed by atoms with Crippen molar-refractivity contribution in [3.63, 3.8) is 0 Å². The Morgan fingerprint density at radius 2 is 1.62 bits per heavy atom. The van der Waals surface area contributed by atoms with Crippen LogP contribution in [0.1, 0.15) is 24.2 Å². The Hall–Kier alpha value is -2.99. The average Bonchev–Trinajstić information content (AvgIpc) is 2.80. The maximum atomic E-state index is 12.9. The zero-order valence-electron chi connectivity index (χ0n) is 18.5. The van der Waals surface area contributed by atoms with Gasteiger partial charge < -0.3 is 20.1 Å². The predicted octanol–water partition coefficient (Wildman–Crippen LogP) is 2.50. The molecule has 0 radical (unpaired) electrons. The number of ether oxygens (including phenoxy) is 2. The van der Waals surface area contributed by atoms with Gasteiger partial charge >= 0.3 is 5.97 Å². The first kappa shape index (κ1) is 25.6. The van der Waals surface area contributed by atoms with Crippen LogP contribution in [-0.2, 0) is 29.1 Å². The molecule has 0 aliphatic carbocycles. The van der Waals surface area contributed by atoms with Gasteiger partial charge in [-0.15, -0.1) is 0 Å². The maximum Gasteiger partial charge on any atom is 0.340 e. The van der Waals surface area contributed by atoms with E-state index in [0.717, 1.165) is 6.07 Å². The molecule has 182 valence electrons. The molecule has 1 atom stereocenters. The van der Waals surface area contributed by atoms with E-state index < -0.39 is 28.0 Å². The van der Waals surface area contributed by atoms with Crippen molar-refractivity contribution >= 4 is 50.8 Å². The van der Waals surface area contributed by atoms with Gasteiger partial charge in [-0.2, -0.15) is 4.31 Å². The van der Waals surface area contributed by atoms with E-state index in [4.69, 9.17) is 21.1 Å². The summed E-state index contributed by atoms with van der Waals surface area (Å²) in [6.45, 7) is 3.73. The smallest absolute Gasteiger partial charge is 0.340 e. The Morgan fingerprint density at radius 1 is 1.03 bits per heavy atom. The molecule has 12 heteroatoms. The molecule has 2 aromatic carbocycles. The summed E-state index contributed by atoms with van der Waals surface area (Å²) in [6.07, 6.45) is -1.20. The first-order valence-corrected chi connectivity index (χ1v) is 12.2. The lowest BCUT2D eigenvalue weighted by molar-refractivity contribution is -0.123. The summed E-state index contributed by atoms with van der Waals surface area (Å²) >= 11 is 6.11. The lowest BCUT2D eigenvalue weighted by Gasteiger charge is -2.26. The van der Waals surface area contributed by atoms with Gasteiger partial charge in [0.25, 0.3) is 5.91 Å². The number of carbonyl (C=O) groups excluding carboxylic acids is 3. The number of esters is 1. The fourth-order valence-corrected chi connectivity index (χ4v) is 4.75. The third-order valence-electron chi connectivity index (χ3n) is 4.89. The van der Waals surface area contributed by atoms with Crippen molar-refractivity contribution in [1.82, 2.24) is 4.31 Å². The molecule has 1 aliphatic heterocycles. The highest BCUT2D eigenvalue weighted by Crippen LogP contribution is 2.25. The second-order valence-corrected chi connectivity index (χ2v) is 9.80. The van der Waals surface area contributed by atoms with Gasteiger partial charge in [-0.1, -0.05) is 11.6 Å². The summed E-state index contributed by atoms with van der Waals surface area (Å²) in [5, 5.41) is 5.20. The van der Waals surface area contributed by atoms with Gasteiger partial charge in [0.1, 0.15) is 0 Å². The van der Waals surface area contributed by atoms with Crippen LogP contribution in [0.2, 0.25) is 5.02 Å². The van der Waals surface area contributed by atoms with E-state index in [0.29, 0.717) is 11.4 Å². The summed E-state index contributed by atoms with van der Waals surface area (Å²) in [5.74, 6) is -1.76. The highest BCUT2D eigenvalue weighted by molar-refractivity contribution is 7.89. The molecule has 0 unspecified atom stereocenters. The van der Waals surface area contributed by atoms with E-state index in [1.54, 1.807) is 24.3 Å². The molecule has 0 bridgehead atoms. The number of anilines is 2. The Bertz CT molecular complexity index is 1180. The monoisotopic (exact) mass is 509 g/mol. The SMILES string of the molecule is CC(=O)Nc1ccc(NC(=O)[C@@H](C)OC(=O)c2cc(S(=O)(=O)N3CCOCC3)ccc2Cl)cc1. The topological polar surface area (TPSA) is 131 Å². The maximum absolute atomic E-state index is 12.9. The van der Waals surface area contributed by atoms with Crippen molar-refractivity contribution in [3.8, 4) is 0 Å². The Labute approximate surface area is 202 Å². The van der Waals surface area contributed by atoms with Gasteiger partial charge in [-0.3, -0.25) is 9.59 Å². The standard InChI is InChI=1S/C22H24ClN3O7S/c1-14(21(28)25-17-5-3-16(4-6-17)24-15(2)27)33-22(29)19-13-18(7-8-20(19)23)34(30,31)26-9-11-32-12-10-26/h3-8,13-14H,9-12H2,1-2H3,(H,24,27)(H,25,28)/t14-/m1/s1. The van der Waals surface area contributed by atoms with Crippen molar-refractivity contribution in [1.29, 1.82) is 0 Å². The largest absolute Gasteiger partial charge is 0.449 e. The molecule has 1 fully saturated rings. The van der Waals surface area contributed by atoms with Crippen molar-refractivity contribution in [2.24, 2.45) is 0 Å². The van der Waals surface area contributed by atoms with Crippen LogP contribution in [0.25, 0.3) is 0 Å². The minimum atomic E-state index is -3.85. The van der Waals surface area contributed by atoms with Crippen LogP contribution in [0.4, 0.5) is 11.4 Å².